The van der Waals surface area contributed by atoms with E-state index in [2.05, 4.69) is 9.97 Å². The van der Waals surface area contributed by atoms with Gasteiger partial charge in [0, 0.05) is 6.20 Å². The van der Waals surface area contributed by atoms with Gasteiger partial charge in [-0.25, -0.2) is 4.79 Å². The minimum atomic E-state index is -0.483. The number of nitrogens with one attached hydrogen (secondary N) is 2. The Balaban J connectivity index is 3.31. The van der Waals surface area contributed by atoms with Crippen molar-refractivity contribution in [3.8, 4) is 0 Å². The standard InChI is InChI=1S/C7H8N2O2/c1-2-3-5-4-8-7(11)9-6(5)10/h2-4H,1H3,(H2,8,9,10,11)/b3-2-. The summed E-state index contributed by atoms with van der Waals surface area (Å²) in [5, 5.41) is 0. The van der Waals surface area contributed by atoms with Crippen LogP contribution < -0.4 is 11.2 Å². The Hall–Kier alpha value is -1.58. The highest BCUT2D eigenvalue weighted by Gasteiger charge is 1.92. The second-order valence-corrected chi connectivity index (χ2v) is 2.03. The zero-order valence-electron chi connectivity index (χ0n) is 6.05. The number of aromatic amines is 2. The molecule has 2 N–H and O–H groups in total. The van der Waals surface area contributed by atoms with Gasteiger partial charge >= 0.3 is 5.69 Å². The molecular weight excluding hydrogens is 144 g/mol. The van der Waals surface area contributed by atoms with Gasteiger partial charge in [0.05, 0.1) is 5.56 Å². The minimum Gasteiger partial charge on any atom is -0.314 e. The molecule has 0 aliphatic heterocycles. The van der Waals surface area contributed by atoms with Gasteiger partial charge < -0.3 is 4.98 Å². The molecule has 0 aliphatic rings. The van der Waals surface area contributed by atoms with Gasteiger partial charge in [-0.1, -0.05) is 12.2 Å². The normalized spacial score (nSPS) is 10.6. The van der Waals surface area contributed by atoms with Crippen LogP contribution in [0.3, 0.4) is 0 Å². The van der Waals surface area contributed by atoms with Crippen LogP contribution in [0.15, 0.2) is 21.9 Å². The Morgan fingerprint density at radius 2 is 2.18 bits per heavy atom. The summed E-state index contributed by atoms with van der Waals surface area (Å²) in [5.41, 5.74) is -0.401. The summed E-state index contributed by atoms with van der Waals surface area (Å²) in [7, 11) is 0. The van der Waals surface area contributed by atoms with Crippen molar-refractivity contribution in [2.75, 3.05) is 0 Å². The molecule has 0 atom stereocenters. The molecule has 4 nitrogen and oxygen atoms in total. The molecule has 0 spiro atoms. The largest absolute Gasteiger partial charge is 0.325 e. The fourth-order valence-electron chi connectivity index (χ4n) is 0.724. The predicted molar refractivity (Wildman–Crippen MR) is 42.4 cm³/mol. The number of aromatic nitrogens is 2. The van der Waals surface area contributed by atoms with Crippen LogP contribution >= 0.6 is 0 Å². The Morgan fingerprint density at radius 3 is 2.73 bits per heavy atom. The average molecular weight is 152 g/mol. The second-order valence-electron chi connectivity index (χ2n) is 2.03. The molecule has 1 aromatic rings. The summed E-state index contributed by atoms with van der Waals surface area (Å²) >= 11 is 0. The van der Waals surface area contributed by atoms with E-state index in [0.29, 0.717) is 5.56 Å². The van der Waals surface area contributed by atoms with Crippen molar-refractivity contribution in [2.45, 2.75) is 6.92 Å². The topological polar surface area (TPSA) is 65.7 Å². The molecule has 0 saturated heterocycles. The Morgan fingerprint density at radius 1 is 1.45 bits per heavy atom. The number of rotatable bonds is 1. The summed E-state index contributed by atoms with van der Waals surface area (Å²) in [6.07, 6.45) is 4.72. The average Bonchev–Trinajstić information content (AvgIpc) is 1.95. The number of H-pyrrole nitrogens is 2. The van der Waals surface area contributed by atoms with Crippen LogP contribution in [0.25, 0.3) is 6.08 Å². The third-order valence-electron chi connectivity index (χ3n) is 1.19. The van der Waals surface area contributed by atoms with Gasteiger partial charge in [-0.2, -0.15) is 0 Å². The fourth-order valence-corrected chi connectivity index (χ4v) is 0.724. The maximum absolute atomic E-state index is 10.9. The van der Waals surface area contributed by atoms with E-state index in [1.165, 1.54) is 6.20 Å². The van der Waals surface area contributed by atoms with Crippen molar-refractivity contribution >= 4 is 6.08 Å². The van der Waals surface area contributed by atoms with E-state index < -0.39 is 5.69 Å². The molecule has 0 amide bonds. The summed E-state index contributed by atoms with van der Waals surface area (Å²) in [5.74, 6) is 0. The highest BCUT2D eigenvalue weighted by atomic mass is 16.2. The lowest BCUT2D eigenvalue weighted by Gasteiger charge is -1.87. The molecule has 0 fully saturated rings. The molecule has 0 bridgehead atoms. The third-order valence-corrected chi connectivity index (χ3v) is 1.19. The Kier molecular flexibility index (Phi) is 2.06. The van der Waals surface area contributed by atoms with Crippen LogP contribution in [0.5, 0.6) is 0 Å². The van der Waals surface area contributed by atoms with E-state index in [0.717, 1.165) is 0 Å². The van der Waals surface area contributed by atoms with Gasteiger partial charge in [0.2, 0.25) is 0 Å². The molecule has 0 saturated carbocycles. The van der Waals surface area contributed by atoms with Crippen molar-refractivity contribution in [2.24, 2.45) is 0 Å². The van der Waals surface area contributed by atoms with Gasteiger partial charge in [0.1, 0.15) is 0 Å². The van der Waals surface area contributed by atoms with Crippen molar-refractivity contribution in [1.29, 1.82) is 0 Å². The number of hydrogen-bond acceptors (Lipinski definition) is 2. The summed E-state index contributed by atoms with van der Waals surface area (Å²) < 4.78 is 0. The van der Waals surface area contributed by atoms with Gasteiger partial charge in [0.25, 0.3) is 5.56 Å². The summed E-state index contributed by atoms with van der Waals surface area (Å²) in [4.78, 5) is 25.9. The smallest absolute Gasteiger partial charge is 0.314 e. The molecule has 58 valence electrons. The molecule has 0 aliphatic carbocycles. The van der Waals surface area contributed by atoms with Crippen molar-refractivity contribution in [1.82, 2.24) is 9.97 Å². The molecule has 0 radical (unpaired) electrons. The third kappa shape index (κ3) is 1.67. The molecule has 0 unspecified atom stereocenters. The molecular formula is C7H8N2O2. The quantitative estimate of drug-likeness (QED) is 0.599. The first-order chi connectivity index (χ1) is 5.24. The first-order valence-electron chi connectivity index (χ1n) is 3.18. The molecule has 1 aromatic heterocycles. The lowest BCUT2D eigenvalue weighted by atomic mass is 10.3. The Bertz CT molecular complexity index is 373. The van der Waals surface area contributed by atoms with Crippen LogP contribution in [-0.4, -0.2) is 9.97 Å². The second kappa shape index (κ2) is 3.01. The highest BCUT2D eigenvalue weighted by Crippen LogP contribution is 1.86. The monoisotopic (exact) mass is 152 g/mol. The molecule has 1 heterocycles. The highest BCUT2D eigenvalue weighted by molar-refractivity contribution is 5.45. The predicted octanol–water partition coefficient (Wildman–Crippen LogP) is 0.0963. The van der Waals surface area contributed by atoms with E-state index >= 15 is 0 Å². The van der Waals surface area contributed by atoms with E-state index in [-0.39, 0.29) is 5.56 Å². The van der Waals surface area contributed by atoms with Crippen LogP contribution in [0, 0.1) is 0 Å². The SMILES string of the molecule is C/C=C\c1c[nH]c(=O)[nH]c1=O. The molecule has 4 heteroatoms. The summed E-state index contributed by atoms with van der Waals surface area (Å²) in [6, 6.07) is 0. The van der Waals surface area contributed by atoms with Crippen LogP contribution in [0.4, 0.5) is 0 Å². The maximum atomic E-state index is 10.9. The van der Waals surface area contributed by atoms with E-state index in [4.69, 9.17) is 0 Å². The van der Waals surface area contributed by atoms with Crippen molar-refractivity contribution in [3.05, 3.63) is 38.7 Å². The Labute approximate surface area is 62.6 Å². The minimum absolute atomic E-state index is 0.369. The van der Waals surface area contributed by atoms with Gasteiger partial charge in [0.15, 0.2) is 0 Å². The van der Waals surface area contributed by atoms with Gasteiger partial charge in [-0.15, -0.1) is 0 Å². The zero-order valence-corrected chi connectivity index (χ0v) is 6.05. The van der Waals surface area contributed by atoms with E-state index in [1.54, 1.807) is 19.1 Å². The first kappa shape index (κ1) is 7.53. The summed E-state index contributed by atoms with van der Waals surface area (Å²) in [6.45, 7) is 1.80. The lowest BCUT2D eigenvalue weighted by Crippen LogP contribution is -2.22. The number of allylic oxidation sites excluding steroid dienone is 1. The van der Waals surface area contributed by atoms with E-state index in [1.807, 2.05) is 0 Å². The molecule has 11 heavy (non-hydrogen) atoms. The van der Waals surface area contributed by atoms with E-state index in [9.17, 15) is 9.59 Å². The zero-order chi connectivity index (χ0) is 8.27. The molecule has 0 aromatic carbocycles. The first-order valence-corrected chi connectivity index (χ1v) is 3.18. The fraction of sp³-hybridized carbons (Fsp3) is 0.143. The van der Waals surface area contributed by atoms with Gasteiger partial charge in [-0.05, 0) is 6.92 Å². The molecule has 1 rings (SSSR count). The lowest BCUT2D eigenvalue weighted by molar-refractivity contribution is 1.03. The van der Waals surface area contributed by atoms with Crippen LogP contribution in [-0.2, 0) is 0 Å². The van der Waals surface area contributed by atoms with Crippen LogP contribution in [0.2, 0.25) is 0 Å². The maximum Gasteiger partial charge on any atom is 0.325 e. The number of hydrogen-bond donors (Lipinski definition) is 2. The van der Waals surface area contributed by atoms with Crippen molar-refractivity contribution < 1.29 is 0 Å². The van der Waals surface area contributed by atoms with Gasteiger partial charge in [-0.3, -0.25) is 9.78 Å². The van der Waals surface area contributed by atoms with Crippen LogP contribution in [0.1, 0.15) is 12.5 Å². The van der Waals surface area contributed by atoms with Crippen molar-refractivity contribution in [3.63, 3.8) is 0 Å².